The summed E-state index contributed by atoms with van der Waals surface area (Å²) in [5, 5.41) is 4.78. The summed E-state index contributed by atoms with van der Waals surface area (Å²) in [5.74, 6) is 2.09. The minimum Gasteiger partial charge on any atom is -0.324 e. The SMILES string of the molecule is CC1(C)NC(=O)N(CCCSc2nc(C3CC3)nc3ccccc23)C1=O. The number of imide groups is 1. The van der Waals surface area contributed by atoms with Crippen molar-refractivity contribution in [1.29, 1.82) is 0 Å². The molecule has 2 aliphatic rings. The monoisotopic (exact) mass is 370 g/mol. The Balaban J connectivity index is 1.42. The maximum Gasteiger partial charge on any atom is 0.325 e. The smallest absolute Gasteiger partial charge is 0.324 e. The first-order valence-corrected chi connectivity index (χ1v) is 9.98. The predicted molar refractivity (Wildman–Crippen MR) is 101 cm³/mol. The standard InChI is InChI=1S/C19H22N4O2S/c1-19(2)17(24)23(18(25)22-19)10-5-11-26-16-13-6-3-4-7-14(13)20-15(21-16)12-8-9-12/h3-4,6-7,12H,5,8-11H2,1-2H3,(H,22,25). The van der Waals surface area contributed by atoms with E-state index in [0.717, 1.165) is 33.9 Å². The molecule has 0 unspecified atom stereocenters. The van der Waals surface area contributed by atoms with Gasteiger partial charge in [0.05, 0.1) is 5.52 Å². The number of para-hydroxylation sites is 1. The Bertz CT molecular complexity index is 879. The molecule has 0 radical (unpaired) electrons. The Morgan fingerprint density at radius 2 is 2.00 bits per heavy atom. The quantitative estimate of drug-likeness (QED) is 0.365. The maximum atomic E-state index is 12.2. The number of rotatable bonds is 6. The van der Waals surface area contributed by atoms with Crippen molar-refractivity contribution >= 4 is 34.6 Å². The molecule has 1 N–H and O–H groups in total. The fourth-order valence-electron chi connectivity index (χ4n) is 3.11. The van der Waals surface area contributed by atoms with Gasteiger partial charge in [0.25, 0.3) is 5.91 Å². The molecule has 1 aromatic carbocycles. The van der Waals surface area contributed by atoms with E-state index in [4.69, 9.17) is 9.97 Å². The van der Waals surface area contributed by atoms with Crippen LogP contribution in [0.1, 0.15) is 44.9 Å². The Labute approximate surface area is 156 Å². The molecule has 7 heteroatoms. The minimum absolute atomic E-state index is 0.156. The number of aromatic nitrogens is 2. The lowest BCUT2D eigenvalue weighted by Crippen LogP contribution is -2.40. The predicted octanol–water partition coefficient (Wildman–Crippen LogP) is 3.32. The number of urea groups is 1. The largest absolute Gasteiger partial charge is 0.325 e. The Morgan fingerprint density at radius 3 is 2.69 bits per heavy atom. The van der Waals surface area contributed by atoms with Gasteiger partial charge in [0, 0.05) is 23.6 Å². The van der Waals surface area contributed by atoms with E-state index in [1.165, 1.54) is 17.7 Å². The molecular formula is C19H22N4O2S. The maximum absolute atomic E-state index is 12.2. The number of nitrogens with zero attached hydrogens (tertiary/aromatic N) is 3. The Hall–Kier alpha value is -2.15. The first kappa shape index (κ1) is 17.3. The van der Waals surface area contributed by atoms with Crippen LogP contribution >= 0.6 is 11.8 Å². The highest BCUT2D eigenvalue weighted by atomic mass is 32.2. The fourth-order valence-corrected chi connectivity index (χ4v) is 4.06. The van der Waals surface area contributed by atoms with E-state index < -0.39 is 5.54 Å². The highest BCUT2D eigenvalue weighted by Gasteiger charge is 2.43. The molecule has 2 aromatic rings. The topological polar surface area (TPSA) is 75.2 Å². The van der Waals surface area contributed by atoms with E-state index in [9.17, 15) is 9.59 Å². The van der Waals surface area contributed by atoms with Crippen molar-refractivity contribution in [2.75, 3.05) is 12.3 Å². The van der Waals surface area contributed by atoms with E-state index in [0.29, 0.717) is 12.5 Å². The number of carbonyl (C=O) groups is 2. The highest BCUT2D eigenvalue weighted by molar-refractivity contribution is 7.99. The Kier molecular flexibility index (Phi) is 4.34. The van der Waals surface area contributed by atoms with E-state index in [-0.39, 0.29) is 11.9 Å². The van der Waals surface area contributed by atoms with Crippen molar-refractivity contribution in [3.05, 3.63) is 30.1 Å². The number of amides is 3. The molecule has 1 saturated heterocycles. The Morgan fingerprint density at radius 1 is 1.23 bits per heavy atom. The third-order valence-corrected chi connectivity index (χ3v) is 5.81. The summed E-state index contributed by atoms with van der Waals surface area (Å²) in [6.45, 7) is 3.89. The van der Waals surface area contributed by atoms with Crippen LogP contribution in [0.3, 0.4) is 0 Å². The zero-order valence-corrected chi connectivity index (χ0v) is 15.8. The zero-order chi connectivity index (χ0) is 18.3. The van der Waals surface area contributed by atoms with Crippen molar-refractivity contribution in [1.82, 2.24) is 20.2 Å². The van der Waals surface area contributed by atoms with Gasteiger partial charge in [-0.25, -0.2) is 14.8 Å². The molecule has 1 aliphatic heterocycles. The van der Waals surface area contributed by atoms with Gasteiger partial charge in [-0.1, -0.05) is 18.2 Å². The van der Waals surface area contributed by atoms with Crippen LogP contribution in [0.2, 0.25) is 0 Å². The summed E-state index contributed by atoms with van der Waals surface area (Å²) in [7, 11) is 0. The van der Waals surface area contributed by atoms with Gasteiger partial charge in [0.1, 0.15) is 16.4 Å². The van der Waals surface area contributed by atoms with Gasteiger partial charge < -0.3 is 5.32 Å². The second kappa shape index (κ2) is 6.54. The summed E-state index contributed by atoms with van der Waals surface area (Å²) in [4.78, 5) is 34.9. The van der Waals surface area contributed by atoms with Crippen molar-refractivity contribution in [3.8, 4) is 0 Å². The summed E-state index contributed by atoms with van der Waals surface area (Å²) in [5.41, 5.74) is 0.189. The molecule has 0 bridgehead atoms. The van der Waals surface area contributed by atoms with E-state index in [2.05, 4.69) is 5.32 Å². The van der Waals surface area contributed by atoms with Gasteiger partial charge in [-0.05, 0) is 39.2 Å². The van der Waals surface area contributed by atoms with Gasteiger partial charge in [-0.2, -0.15) is 0 Å². The van der Waals surface area contributed by atoms with Crippen molar-refractivity contribution < 1.29 is 9.59 Å². The number of thioether (sulfide) groups is 1. The van der Waals surface area contributed by atoms with Crippen molar-refractivity contribution in [2.24, 2.45) is 0 Å². The number of carbonyl (C=O) groups excluding carboxylic acids is 2. The number of hydrogen-bond donors (Lipinski definition) is 1. The normalized spacial score (nSPS) is 19.2. The van der Waals surface area contributed by atoms with E-state index >= 15 is 0 Å². The second-order valence-electron chi connectivity index (χ2n) is 7.39. The molecule has 2 heterocycles. The number of benzene rings is 1. The lowest BCUT2D eigenvalue weighted by Gasteiger charge is -2.15. The van der Waals surface area contributed by atoms with Gasteiger partial charge in [0.15, 0.2) is 0 Å². The minimum atomic E-state index is -0.799. The molecule has 1 aromatic heterocycles. The molecule has 136 valence electrons. The van der Waals surface area contributed by atoms with Crippen LogP contribution in [0, 0.1) is 0 Å². The molecule has 0 atom stereocenters. The molecule has 0 spiro atoms. The zero-order valence-electron chi connectivity index (χ0n) is 15.0. The van der Waals surface area contributed by atoms with Crippen LogP contribution in [0.25, 0.3) is 10.9 Å². The van der Waals surface area contributed by atoms with Crippen LogP contribution in [0.5, 0.6) is 0 Å². The number of hydrogen-bond acceptors (Lipinski definition) is 5. The van der Waals surface area contributed by atoms with Gasteiger partial charge >= 0.3 is 6.03 Å². The molecular weight excluding hydrogens is 348 g/mol. The lowest BCUT2D eigenvalue weighted by molar-refractivity contribution is -0.130. The van der Waals surface area contributed by atoms with Gasteiger partial charge in [0.2, 0.25) is 0 Å². The first-order chi connectivity index (χ1) is 12.5. The number of nitrogens with one attached hydrogen (secondary N) is 1. The summed E-state index contributed by atoms with van der Waals surface area (Å²) < 4.78 is 0. The average molecular weight is 370 g/mol. The van der Waals surface area contributed by atoms with Crippen LogP contribution in [0.4, 0.5) is 4.79 Å². The lowest BCUT2D eigenvalue weighted by atomic mass is 10.1. The average Bonchev–Trinajstić information content (AvgIpc) is 3.42. The fraction of sp³-hybridized carbons (Fsp3) is 0.474. The first-order valence-electron chi connectivity index (χ1n) is 8.99. The molecule has 2 fully saturated rings. The molecule has 1 aliphatic carbocycles. The summed E-state index contributed by atoms with van der Waals surface area (Å²) in [6.07, 6.45) is 3.08. The van der Waals surface area contributed by atoms with E-state index in [1.807, 2.05) is 24.3 Å². The summed E-state index contributed by atoms with van der Waals surface area (Å²) in [6, 6.07) is 7.78. The van der Waals surface area contributed by atoms with Crippen LogP contribution in [0.15, 0.2) is 29.3 Å². The van der Waals surface area contributed by atoms with Crippen LogP contribution in [-0.4, -0.2) is 44.6 Å². The molecule has 3 amide bonds. The highest BCUT2D eigenvalue weighted by Crippen LogP contribution is 2.39. The molecule has 1 saturated carbocycles. The van der Waals surface area contributed by atoms with Crippen molar-refractivity contribution in [2.45, 2.75) is 49.6 Å². The van der Waals surface area contributed by atoms with E-state index in [1.54, 1.807) is 25.6 Å². The van der Waals surface area contributed by atoms with Crippen LogP contribution < -0.4 is 5.32 Å². The van der Waals surface area contributed by atoms with Crippen molar-refractivity contribution in [3.63, 3.8) is 0 Å². The van der Waals surface area contributed by atoms with Crippen LogP contribution in [-0.2, 0) is 4.79 Å². The molecule has 4 rings (SSSR count). The third-order valence-electron chi connectivity index (χ3n) is 4.74. The molecule has 6 nitrogen and oxygen atoms in total. The third kappa shape index (κ3) is 3.28. The molecule has 26 heavy (non-hydrogen) atoms. The van der Waals surface area contributed by atoms with Gasteiger partial charge in [-0.3, -0.25) is 9.69 Å². The number of fused-ring (bicyclic) bond motifs is 1. The second-order valence-corrected chi connectivity index (χ2v) is 8.48. The summed E-state index contributed by atoms with van der Waals surface area (Å²) >= 11 is 1.67. The van der Waals surface area contributed by atoms with Gasteiger partial charge in [-0.15, -0.1) is 11.8 Å².